The quantitative estimate of drug-likeness (QED) is 0.482. The van der Waals surface area contributed by atoms with Gasteiger partial charge in [0.05, 0.1) is 18.8 Å². The number of nitrogens with one attached hydrogen (secondary N) is 1. The van der Waals surface area contributed by atoms with Gasteiger partial charge in [-0.05, 0) is 16.7 Å². The molecule has 2 N–H and O–H groups in total. The summed E-state index contributed by atoms with van der Waals surface area (Å²) in [5.74, 6) is -0.152. The second-order valence-corrected chi connectivity index (χ2v) is 8.96. The van der Waals surface area contributed by atoms with Crippen molar-refractivity contribution in [3.8, 4) is 0 Å². The number of benzene rings is 3. The Labute approximate surface area is 200 Å². The molecule has 2 bridgehead atoms. The summed E-state index contributed by atoms with van der Waals surface area (Å²) in [6, 6.07) is 29.4. The maximum Gasteiger partial charge on any atom is 0.242 e. The van der Waals surface area contributed by atoms with Gasteiger partial charge in [-0.3, -0.25) is 9.69 Å². The zero-order valence-corrected chi connectivity index (χ0v) is 19.0. The highest BCUT2D eigenvalue weighted by Crippen LogP contribution is 2.41. The largest absolute Gasteiger partial charge is 0.396 e. The molecule has 3 aromatic carbocycles. The van der Waals surface area contributed by atoms with E-state index in [2.05, 4.69) is 28.4 Å². The van der Waals surface area contributed by atoms with Crippen molar-refractivity contribution in [3.05, 3.63) is 120 Å². The Morgan fingerprint density at radius 3 is 2.09 bits per heavy atom. The molecule has 3 aromatic rings. The Morgan fingerprint density at radius 1 is 0.853 bits per heavy atom. The molecule has 1 amide bonds. The van der Waals surface area contributed by atoms with E-state index >= 15 is 0 Å². The molecule has 0 saturated carbocycles. The lowest BCUT2D eigenvalue weighted by Crippen LogP contribution is -2.52. The first-order valence-electron chi connectivity index (χ1n) is 11.9. The van der Waals surface area contributed by atoms with Crippen molar-refractivity contribution in [3.63, 3.8) is 0 Å². The van der Waals surface area contributed by atoms with Crippen LogP contribution in [-0.4, -0.2) is 40.8 Å². The third-order valence-electron chi connectivity index (χ3n) is 6.81. The van der Waals surface area contributed by atoms with Gasteiger partial charge in [0, 0.05) is 25.0 Å². The first-order valence-corrected chi connectivity index (χ1v) is 11.9. The van der Waals surface area contributed by atoms with Crippen molar-refractivity contribution >= 4 is 5.91 Å². The van der Waals surface area contributed by atoms with Crippen LogP contribution in [0, 0.1) is 5.92 Å². The van der Waals surface area contributed by atoms with Gasteiger partial charge in [-0.15, -0.1) is 0 Å². The molecule has 5 atom stereocenters. The van der Waals surface area contributed by atoms with Crippen molar-refractivity contribution in [2.24, 2.45) is 5.92 Å². The third kappa shape index (κ3) is 4.68. The van der Waals surface area contributed by atoms with E-state index in [-0.39, 0.29) is 36.7 Å². The van der Waals surface area contributed by atoms with E-state index in [9.17, 15) is 9.90 Å². The molecule has 2 heterocycles. The normalized spacial score (nSPS) is 23.8. The smallest absolute Gasteiger partial charge is 0.242 e. The molecular weight excluding hydrogens is 424 g/mol. The highest BCUT2D eigenvalue weighted by Gasteiger charge is 2.50. The minimum Gasteiger partial charge on any atom is -0.396 e. The van der Waals surface area contributed by atoms with Gasteiger partial charge < -0.3 is 15.2 Å². The lowest BCUT2D eigenvalue weighted by atomic mass is 9.86. The van der Waals surface area contributed by atoms with Crippen molar-refractivity contribution < 1.29 is 14.6 Å². The summed E-state index contributed by atoms with van der Waals surface area (Å²) in [6.45, 7) is 1.04. The molecule has 2 aliphatic rings. The minimum atomic E-state index is -0.527. The van der Waals surface area contributed by atoms with Crippen LogP contribution in [-0.2, 0) is 22.6 Å². The molecule has 1 saturated heterocycles. The van der Waals surface area contributed by atoms with E-state index in [1.54, 1.807) is 0 Å². The van der Waals surface area contributed by atoms with Gasteiger partial charge in [0.25, 0.3) is 0 Å². The lowest BCUT2D eigenvalue weighted by molar-refractivity contribution is -0.129. The first kappa shape index (κ1) is 22.5. The van der Waals surface area contributed by atoms with Crippen molar-refractivity contribution in [2.45, 2.75) is 37.4 Å². The van der Waals surface area contributed by atoms with Gasteiger partial charge in [0.2, 0.25) is 5.91 Å². The van der Waals surface area contributed by atoms with Crippen molar-refractivity contribution in [2.75, 3.05) is 6.61 Å². The summed E-state index contributed by atoms with van der Waals surface area (Å²) in [5, 5.41) is 13.4. The Kier molecular flexibility index (Phi) is 6.86. The van der Waals surface area contributed by atoms with Gasteiger partial charge in [0.1, 0.15) is 6.04 Å². The van der Waals surface area contributed by atoms with Crippen molar-refractivity contribution in [1.29, 1.82) is 0 Å². The number of carbonyl (C=O) groups excluding carboxylic acids is 1. The van der Waals surface area contributed by atoms with Crippen LogP contribution in [0.15, 0.2) is 103 Å². The average molecular weight is 455 g/mol. The SMILES string of the molecule is O=C(NCc1ccccc1)[C@@H](c1ccccc1)N(Cc1ccccc1)[C@H]1[C@H](CO)[C@@H]2C=C[C@H]1O2. The zero-order valence-electron chi connectivity index (χ0n) is 19.0. The van der Waals surface area contributed by atoms with Crippen LogP contribution in [0.1, 0.15) is 22.7 Å². The lowest BCUT2D eigenvalue weighted by Gasteiger charge is -2.40. The number of ether oxygens (including phenoxy) is 1. The van der Waals surface area contributed by atoms with E-state index < -0.39 is 6.04 Å². The number of carbonyl (C=O) groups is 1. The molecule has 5 rings (SSSR count). The molecule has 0 aromatic heterocycles. The van der Waals surface area contributed by atoms with E-state index in [0.29, 0.717) is 13.1 Å². The fraction of sp³-hybridized carbons (Fsp3) is 0.276. The number of hydrogen-bond donors (Lipinski definition) is 2. The van der Waals surface area contributed by atoms with E-state index in [4.69, 9.17) is 4.74 Å². The zero-order chi connectivity index (χ0) is 23.3. The number of aliphatic hydroxyl groups excluding tert-OH is 1. The van der Waals surface area contributed by atoms with E-state index in [1.807, 2.05) is 84.9 Å². The molecule has 34 heavy (non-hydrogen) atoms. The van der Waals surface area contributed by atoms with Crippen LogP contribution in [0.25, 0.3) is 0 Å². The fourth-order valence-electron chi connectivity index (χ4n) is 5.19. The second-order valence-electron chi connectivity index (χ2n) is 8.96. The summed E-state index contributed by atoms with van der Waals surface area (Å²) >= 11 is 0. The molecule has 1 fully saturated rings. The average Bonchev–Trinajstić information content (AvgIpc) is 3.51. The monoisotopic (exact) mass is 454 g/mol. The Balaban J connectivity index is 1.51. The number of aliphatic hydroxyl groups is 1. The maximum atomic E-state index is 13.8. The van der Waals surface area contributed by atoms with Crippen LogP contribution in [0.5, 0.6) is 0 Å². The highest BCUT2D eigenvalue weighted by molar-refractivity contribution is 5.83. The van der Waals surface area contributed by atoms with Crippen LogP contribution >= 0.6 is 0 Å². The number of rotatable bonds is 9. The van der Waals surface area contributed by atoms with Gasteiger partial charge in [-0.25, -0.2) is 0 Å². The number of amides is 1. The van der Waals surface area contributed by atoms with Crippen LogP contribution in [0.2, 0.25) is 0 Å². The Morgan fingerprint density at radius 2 is 1.44 bits per heavy atom. The Hall–Kier alpha value is -3.25. The predicted octanol–water partition coefficient (Wildman–Crippen LogP) is 3.86. The van der Waals surface area contributed by atoms with E-state index in [0.717, 1.165) is 16.7 Å². The van der Waals surface area contributed by atoms with Gasteiger partial charge in [0.15, 0.2) is 0 Å². The van der Waals surface area contributed by atoms with Gasteiger partial charge in [-0.2, -0.15) is 0 Å². The molecular formula is C29H30N2O3. The molecule has 2 aliphatic heterocycles. The second kappa shape index (κ2) is 10.3. The van der Waals surface area contributed by atoms with Crippen LogP contribution in [0.4, 0.5) is 0 Å². The topological polar surface area (TPSA) is 61.8 Å². The predicted molar refractivity (Wildman–Crippen MR) is 132 cm³/mol. The summed E-state index contributed by atoms with van der Waals surface area (Å²) in [7, 11) is 0. The maximum absolute atomic E-state index is 13.8. The summed E-state index contributed by atoms with van der Waals surface area (Å²) in [5.41, 5.74) is 3.09. The van der Waals surface area contributed by atoms with Gasteiger partial charge >= 0.3 is 0 Å². The van der Waals surface area contributed by atoms with Gasteiger partial charge in [-0.1, -0.05) is 103 Å². The molecule has 174 valence electrons. The molecule has 5 heteroatoms. The van der Waals surface area contributed by atoms with Crippen LogP contribution < -0.4 is 5.32 Å². The molecule has 0 aliphatic carbocycles. The van der Waals surface area contributed by atoms with Crippen molar-refractivity contribution in [1.82, 2.24) is 10.2 Å². The number of fused-ring (bicyclic) bond motifs is 2. The minimum absolute atomic E-state index is 0.00854. The molecule has 0 spiro atoms. The molecule has 0 unspecified atom stereocenters. The fourth-order valence-corrected chi connectivity index (χ4v) is 5.19. The Bertz CT molecular complexity index is 1100. The van der Waals surface area contributed by atoms with Crippen LogP contribution in [0.3, 0.4) is 0 Å². The molecule has 5 nitrogen and oxygen atoms in total. The highest BCUT2D eigenvalue weighted by atomic mass is 16.5. The number of nitrogens with zero attached hydrogens (tertiary/aromatic N) is 1. The summed E-state index contributed by atoms with van der Waals surface area (Å²) < 4.78 is 6.16. The summed E-state index contributed by atoms with van der Waals surface area (Å²) in [6.07, 6.45) is 3.83. The molecule has 0 radical (unpaired) electrons. The first-order chi connectivity index (χ1) is 16.7. The number of hydrogen-bond acceptors (Lipinski definition) is 4. The summed E-state index contributed by atoms with van der Waals surface area (Å²) in [4.78, 5) is 16.1. The third-order valence-corrected chi connectivity index (χ3v) is 6.81. The van der Waals surface area contributed by atoms with E-state index in [1.165, 1.54) is 0 Å². The standard InChI is InChI=1S/C29H30N2O3/c32-20-24-25-16-17-26(34-25)28(24)31(19-22-12-6-2-7-13-22)27(23-14-8-3-9-15-23)29(33)30-18-21-10-4-1-5-11-21/h1-17,24-28,32H,18-20H2,(H,30,33)/t24-,25+,26-,27-,28+/m1/s1.